The average molecular weight is 298 g/mol. The van der Waals surface area contributed by atoms with Crippen LogP contribution in [0.2, 0.25) is 0 Å². The highest BCUT2D eigenvalue weighted by molar-refractivity contribution is 7.99. The largest absolute Gasteiger partial charge is 0.323 e. The van der Waals surface area contributed by atoms with Crippen molar-refractivity contribution in [3.05, 3.63) is 72.8 Å². The van der Waals surface area contributed by atoms with Crippen LogP contribution in [0.3, 0.4) is 0 Å². The van der Waals surface area contributed by atoms with Crippen molar-refractivity contribution in [2.45, 2.75) is 10.9 Å². The molecule has 3 nitrogen and oxygen atoms in total. The second kappa shape index (κ2) is 7.67. The Balaban J connectivity index is 2.11. The van der Waals surface area contributed by atoms with Gasteiger partial charge >= 0.3 is 0 Å². The van der Waals surface area contributed by atoms with Gasteiger partial charge in [0.1, 0.15) is 6.04 Å². The second-order valence-corrected chi connectivity index (χ2v) is 5.54. The normalized spacial score (nSPS) is 11.7. The van der Waals surface area contributed by atoms with Crippen LogP contribution in [0.15, 0.2) is 72.1 Å². The van der Waals surface area contributed by atoms with E-state index in [2.05, 4.69) is 11.9 Å². The van der Waals surface area contributed by atoms with Crippen LogP contribution in [0, 0.1) is 0 Å². The van der Waals surface area contributed by atoms with Crippen molar-refractivity contribution in [2.75, 3.05) is 11.1 Å². The van der Waals surface area contributed by atoms with Crippen LogP contribution in [0.4, 0.5) is 5.69 Å². The van der Waals surface area contributed by atoms with Crippen molar-refractivity contribution in [3.8, 4) is 0 Å². The van der Waals surface area contributed by atoms with Crippen LogP contribution in [-0.4, -0.2) is 11.7 Å². The Hall–Kier alpha value is -2.04. The zero-order valence-electron chi connectivity index (χ0n) is 11.7. The number of nitrogens with two attached hydrogens (primary N) is 1. The van der Waals surface area contributed by atoms with E-state index in [1.165, 1.54) is 0 Å². The summed E-state index contributed by atoms with van der Waals surface area (Å²) in [7, 11) is 0. The van der Waals surface area contributed by atoms with Gasteiger partial charge in [0.05, 0.1) is 5.69 Å². The molecule has 0 spiro atoms. The fourth-order valence-electron chi connectivity index (χ4n) is 1.87. The third-order valence-corrected chi connectivity index (χ3v) is 4.01. The molecule has 2 rings (SSSR count). The van der Waals surface area contributed by atoms with Gasteiger partial charge in [-0.05, 0) is 17.7 Å². The van der Waals surface area contributed by atoms with Crippen molar-refractivity contribution < 1.29 is 4.79 Å². The summed E-state index contributed by atoms with van der Waals surface area (Å²) in [6.45, 7) is 3.71. The molecule has 2 aromatic carbocycles. The summed E-state index contributed by atoms with van der Waals surface area (Å²) in [4.78, 5) is 13.3. The third kappa shape index (κ3) is 4.21. The van der Waals surface area contributed by atoms with E-state index >= 15 is 0 Å². The van der Waals surface area contributed by atoms with Crippen LogP contribution in [-0.2, 0) is 4.79 Å². The van der Waals surface area contributed by atoms with Gasteiger partial charge in [-0.1, -0.05) is 48.5 Å². The summed E-state index contributed by atoms with van der Waals surface area (Å²) in [5, 5.41) is 2.90. The lowest BCUT2D eigenvalue weighted by Crippen LogP contribution is -2.27. The number of rotatable bonds is 6. The lowest BCUT2D eigenvalue weighted by Gasteiger charge is -2.14. The molecular formula is C17H18N2OS. The molecule has 0 aromatic heterocycles. The highest BCUT2D eigenvalue weighted by Gasteiger charge is 2.16. The van der Waals surface area contributed by atoms with Crippen molar-refractivity contribution in [1.82, 2.24) is 0 Å². The van der Waals surface area contributed by atoms with E-state index in [1.54, 1.807) is 11.8 Å². The Kier molecular flexibility index (Phi) is 5.60. The lowest BCUT2D eigenvalue weighted by atomic mass is 10.1. The summed E-state index contributed by atoms with van der Waals surface area (Å²) >= 11 is 1.62. The van der Waals surface area contributed by atoms with Gasteiger partial charge in [0.2, 0.25) is 5.91 Å². The number of nitrogens with one attached hydrogen (secondary N) is 1. The number of hydrogen-bond donors (Lipinski definition) is 2. The number of amides is 1. The molecule has 0 bridgehead atoms. The van der Waals surface area contributed by atoms with Crippen LogP contribution in [0.25, 0.3) is 0 Å². The minimum absolute atomic E-state index is 0.215. The molecule has 2 aromatic rings. The predicted octanol–water partition coefficient (Wildman–Crippen LogP) is 3.60. The highest BCUT2D eigenvalue weighted by Crippen LogP contribution is 2.27. The van der Waals surface area contributed by atoms with Gasteiger partial charge in [-0.25, -0.2) is 0 Å². The van der Waals surface area contributed by atoms with E-state index < -0.39 is 6.04 Å². The maximum absolute atomic E-state index is 12.3. The minimum Gasteiger partial charge on any atom is -0.323 e. The molecule has 0 aliphatic carbocycles. The predicted molar refractivity (Wildman–Crippen MR) is 89.4 cm³/mol. The summed E-state index contributed by atoms with van der Waals surface area (Å²) < 4.78 is 0. The SMILES string of the molecule is C=CCSc1ccccc1NC(=O)C(N)c1ccccc1. The van der Waals surface area contributed by atoms with Crippen LogP contribution >= 0.6 is 11.8 Å². The van der Waals surface area contributed by atoms with Crippen LogP contribution in [0.1, 0.15) is 11.6 Å². The molecule has 1 unspecified atom stereocenters. The highest BCUT2D eigenvalue weighted by atomic mass is 32.2. The molecule has 108 valence electrons. The molecule has 1 atom stereocenters. The number of carbonyl (C=O) groups excluding carboxylic acids is 1. The second-order valence-electron chi connectivity index (χ2n) is 4.47. The van der Waals surface area contributed by atoms with E-state index in [0.717, 1.165) is 21.9 Å². The van der Waals surface area contributed by atoms with Crippen molar-refractivity contribution >= 4 is 23.4 Å². The molecule has 0 heterocycles. The maximum atomic E-state index is 12.3. The third-order valence-electron chi connectivity index (χ3n) is 2.94. The quantitative estimate of drug-likeness (QED) is 0.633. The summed E-state index contributed by atoms with van der Waals surface area (Å²) in [6, 6.07) is 16.3. The number of hydrogen-bond acceptors (Lipinski definition) is 3. The van der Waals surface area contributed by atoms with Gasteiger partial charge < -0.3 is 11.1 Å². The van der Waals surface area contributed by atoms with Gasteiger partial charge in [-0.15, -0.1) is 18.3 Å². The molecule has 4 heteroatoms. The number of benzene rings is 2. The molecule has 1 amide bonds. The first kappa shape index (κ1) is 15.4. The monoisotopic (exact) mass is 298 g/mol. The Bertz CT molecular complexity index is 613. The molecule has 21 heavy (non-hydrogen) atoms. The molecule has 0 saturated heterocycles. The maximum Gasteiger partial charge on any atom is 0.245 e. The Morgan fingerprint density at radius 1 is 1.19 bits per heavy atom. The van der Waals surface area contributed by atoms with E-state index in [1.807, 2.05) is 60.7 Å². The van der Waals surface area contributed by atoms with Gasteiger partial charge in [-0.2, -0.15) is 0 Å². The molecule has 0 radical (unpaired) electrons. The topological polar surface area (TPSA) is 55.1 Å². The lowest BCUT2D eigenvalue weighted by molar-refractivity contribution is -0.117. The smallest absolute Gasteiger partial charge is 0.245 e. The first-order valence-corrected chi connectivity index (χ1v) is 7.65. The zero-order chi connectivity index (χ0) is 15.1. The fourth-order valence-corrected chi connectivity index (χ4v) is 2.61. The van der Waals surface area contributed by atoms with E-state index in [4.69, 9.17) is 5.73 Å². The Morgan fingerprint density at radius 3 is 2.57 bits per heavy atom. The van der Waals surface area contributed by atoms with Gasteiger partial charge in [0.15, 0.2) is 0 Å². The molecule has 0 fully saturated rings. The van der Waals surface area contributed by atoms with E-state index in [9.17, 15) is 4.79 Å². The Morgan fingerprint density at radius 2 is 1.86 bits per heavy atom. The minimum atomic E-state index is -0.677. The van der Waals surface area contributed by atoms with Crippen LogP contribution in [0.5, 0.6) is 0 Å². The van der Waals surface area contributed by atoms with Gasteiger partial charge in [0.25, 0.3) is 0 Å². The summed E-state index contributed by atoms with van der Waals surface area (Å²) in [6.07, 6.45) is 1.83. The van der Waals surface area contributed by atoms with Gasteiger partial charge in [-0.3, -0.25) is 4.79 Å². The molecule has 0 aliphatic rings. The molecule has 0 aliphatic heterocycles. The molecule has 3 N–H and O–H groups in total. The Labute approximate surface area is 129 Å². The van der Waals surface area contributed by atoms with Crippen molar-refractivity contribution in [1.29, 1.82) is 0 Å². The van der Waals surface area contributed by atoms with Gasteiger partial charge in [0, 0.05) is 10.6 Å². The fraction of sp³-hybridized carbons (Fsp3) is 0.118. The zero-order valence-corrected chi connectivity index (χ0v) is 12.5. The standard InChI is InChI=1S/C17H18N2OS/c1-2-12-21-15-11-7-6-10-14(15)19-17(20)16(18)13-8-4-3-5-9-13/h2-11,16H,1,12,18H2,(H,19,20). The first-order chi connectivity index (χ1) is 10.2. The van der Waals surface area contributed by atoms with E-state index in [-0.39, 0.29) is 5.91 Å². The summed E-state index contributed by atoms with van der Waals surface area (Å²) in [5.41, 5.74) is 7.58. The number of thioether (sulfide) groups is 1. The van der Waals surface area contributed by atoms with Crippen molar-refractivity contribution in [3.63, 3.8) is 0 Å². The van der Waals surface area contributed by atoms with Crippen LogP contribution < -0.4 is 11.1 Å². The number of anilines is 1. The van der Waals surface area contributed by atoms with E-state index in [0.29, 0.717) is 0 Å². The number of para-hydroxylation sites is 1. The number of carbonyl (C=O) groups is 1. The molecular weight excluding hydrogens is 280 g/mol. The van der Waals surface area contributed by atoms with Crippen molar-refractivity contribution in [2.24, 2.45) is 5.73 Å². The average Bonchev–Trinajstić information content (AvgIpc) is 2.54. The first-order valence-electron chi connectivity index (χ1n) is 6.66. The summed E-state index contributed by atoms with van der Waals surface area (Å²) in [5.74, 6) is 0.574. The molecule has 0 saturated carbocycles.